The van der Waals surface area contributed by atoms with Crippen molar-refractivity contribution < 1.29 is 35.8 Å². The molecule has 2 nitrogen and oxygen atoms in total. The SMILES string of the molecule is CCCC1COC(C2CCC(CCCCc3cc(F)c(-c4ccc(C(F)(F)F)c(F)c4)c(F)c3)CC2)OC1. The molecule has 2 aromatic carbocycles. The Balaban J connectivity index is 1.22. The molecule has 0 radical (unpaired) electrons. The number of ether oxygens (including phenoxy) is 2. The van der Waals surface area contributed by atoms with Gasteiger partial charge in [0.2, 0.25) is 0 Å². The van der Waals surface area contributed by atoms with Crippen LogP contribution in [-0.4, -0.2) is 19.5 Å². The van der Waals surface area contributed by atoms with Gasteiger partial charge in [0.05, 0.1) is 24.3 Å². The molecule has 0 aromatic heterocycles. The second-order valence-electron chi connectivity index (χ2n) is 10.8. The lowest BCUT2D eigenvalue weighted by molar-refractivity contribution is -0.230. The fourth-order valence-electron chi connectivity index (χ4n) is 5.86. The van der Waals surface area contributed by atoms with Crippen molar-refractivity contribution in [2.75, 3.05) is 13.2 Å². The normalized spacial score (nSPS) is 24.5. The summed E-state index contributed by atoms with van der Waals surface area (Å²) in [6.07, 6.45) is 5.07. The Hall–Kier alpha value is -2.06. The van der Waals surface area contributed by atoms with E-state index >= 15 is 0 Å². The summed E-state index contributed by atoms with van der Waals surface area (Å²) in [5, 5.41) is 0. The lowest BCUT2D eigenvalue weighted by atomic mass is 9.79. The highest BCUT2D eigenvalue weighted by molar-refractivity contribution is 5.66. The van der Waals surface area contributed by atoms with E-state index in [1.807, 2.05) is 0 Å². The zero-order valence-corrected chi connectivity index (χ0v) is 21.8. The van der Waals surface area contributed by atoms with Gasteiger partial charge in [-0.05, 0) is 86.3 Å². The van der Waals surface area contributed by atoms with Crippen LogP contribution < -0.4 is 0 Å². The van der Waals surface area contributed by atoms with E-state index in [0.29, 0.717) is 41.9 Å². The van der Waals surface area contributed by atoms with Gasteiger partial charge in [-0.2, -0.15) is 13.2 Å². The number of halogens is 6. The molecule has 1 heterocycles. The topological polar surface area (TPSA) is 18.5 Å². The number of aryl methyl sites for hydroxylation is 1. The van der Waals surface area contributed by atoms with Crippen molar-refractivity contribution >= 4 is 0 Å². The minimum Gasteiger partial charge on any atom is -0.352 e. The van der Waals surface area contributed by atoms with Crippen LogP contribution in [0.15, 0.2) is 30.3 Å². The van der Waals surface area contributed by atoms with Gasteiger partial charge in [-0.1, -0.05) is 32.3 Å². The first-order chi connectivity index (χ1) is 18.2. The van der Waals surface area contributed by atoms with E-state index in [4.69, 9.17) is 9.47 Å². The highest BCUT2D eigenvalue weighted by atomic mass is 19.4. The van der Waals surface area contributed by atoms with Gasteiger partial charge in [-0.15, -0.1) is 0 Å². The van der Waals surface area contributed by atoms with Gasteiger partial charge in [-0.3, -0.25) is 0 Å². The molecule has 1 aliphatic heterocycles. The maximum Gasteiger partial charge on any atom is 0.419 e. The summed E-state index contributed by atoms with van der Waals surface area (Å²) in [5.41, 5.74) is -1.78. The first-order valence-corrected chi connectivity index (χ1v) is 13.7. The molecule has 1 saturated heterocycles. The van der Waals surface area contributed by atoms with Gasteiger partial charge in [0.25, 0.3) is 0 Å². The highest BCUT2D eigenvalue weighted by Gasteiger charge is 2.34. The molecule has 0 atom stereocenters. The molecule has 1 saturated carbocycles. The van der Waals surface area contributed by atoms with E-state index in [9.17, 15) is 26.3 Å². The zero-order valence-electron chi connectivity index (χ0n) is 21.8. The Morgan fingerprint density at radius 2 is 1.45 bits per heavy atom. The van der Waals surface area contributed by atoms with Crippen LogP contribution in [0.3, 0.4) is 0 Å². The van der Waals surface area contributed by atoms with E-state index in [1.54, 1.807) is 0 Å². The lowest BCUT2D eigenvalue weighted by Gasteiger charge is -2.37. The molecular formula is C30H36F6O2. The number of hydrogen-bond acceptors (Lipinski definition) is 2. The third kappa shape index (κ3) is 7.32. The molecule has 0 unspecified atom stereocenters. The van der Waals surface area contributed by atoms with E-state index < -0.39 is 34.8 Å². The smallest absolute Gasteiger partial charge is 0.352 e. The van der Waals surface area contributed by atoms with Crippen molar-refractivity contribution in [3.63, 3.8) is 0 Å². The van der Waals surface area contributed by atoms with E-state index in [1.165, 1.54) is 12.1 Å². The van der Waals surface area contributed by atoms with Crippen LogP contribution in [0, 0.1) is 35.2 Å². The number of alkyl halides is 3. The zero-order chi connectivity index (χ0) is 27.3. The van der Waals surface area contributed by atoms with E-state index in [0.717, 1.165) is 77.1 Å². The molecule has 2 aromatic rings. The summed E-state index contributed by atoms with van der Waals surface area (Å²) in [7, 11) is 0. The Labute approximate surface area is 220 Å². The summed E-state index contributed by atoms with van der Waals surface area (Å²) >= 11 is 0. The standard InChI is InChI=1S/C30H36F6O2/c1-2-5-21-17-37-29(38-18-21)22-10-8-19(9-11-22)6-3-4-7-20-14-26(32)28(27(33)15-20)23-12-13-24(25(31)16-23)30(34,35)36/h12-16,19,21-22,29H,2-11,17-18H2,1H3. The summed E-state index contributed by atoms with van der Waals surface area (Å²) in [6.45, 7) is 3.76. The summed E-state index contributed by atoms with van der Waals surface area (Å²) in [5.74, 6) is -1.79. The molecule has 0 bridgehead atoms. The van der Waals surface area contributed by atoms with Crippen LogP contribution >= 0.6 is 0 Å². The first-order valence-electron chi connectivity index (χ1n) is 13.7. The van der Waals surface area contributed by atoms with Gasteiger partial charge in [0, 0.05) is 11.8 Å². The van der Waals surface area contributed by atoms with Gasteiger partial charge in [0.1, 0.15) is 17.5 Å². The molecular weight excluding hydrogens is 506 g/mol. The third-order valence-corrected chi connectivity index (χ3v) is 7.96. The van der Waals surface area contributed by atoms with Crippen LogP contribution in [0.5, 0.6) is 0 Å². The van der Waals surface area contributed by atoms with E-state index in [2.05, 4.69) is 6.92 Å². The molecule has 210 valence electrons. The third-order valence-electron chi connectivity index (χ3n) is 7.96. The van der Waals surface area contributed by atoms with Gasteiger partial charge in [-0.25, -0.2) is 13.2 Å². The van der Waals surface area contributed by atoms with Gasteiger partial charge < -0.3 is 9.47 Å². The van der Waals surface area contributed by atoms with Crippen LogP contribution in [0.1, 0.15) is 75.8 Å². The number of unbranched alkanes of at least 4 members (excludes halogenated alkanes) is 1. The van der Waals surface area contributed by atoms with E-state index in [-0.39, 0.29) is 11.9 Å². The molecule has 0 amide bonds. The van der Waals surface area contributed by atoms with Crippen molar-refractivity contribution in [3.8, 4) is 11.1 Å². The molecule has 38 heavy (non-hydrogen) atoms. The second kappa shape index (κ2) is 12.9. The predicted octanol–water partition coefficient (Wildman–Crippen LogP) is 9.10. The molecule has 0 N–H and O–H groups in total. The first kappa shape index (κ1) is 28.9. The molecule has 0 spiro atoms. The van der Waals surface area contributed by atoms with Crippen molar-refractivity contribution in [2.24, 2.45) is 17.8 Å². The van der Waals surface area contributed by atoms with Crippen molar-refractivity contribution in [1.29, 1.82) is 0 Å². The lowest BCUT2D eigenvalue weighted by Crippen LogP contribution is -2.38. The van der Waals surface area contributed by atoms with Crippen molar-refractivity contribution in [1.82, 2.24) is 0 Å². The monoisotopic (exact) mass is 542 g/mol. The molecule has 1 aliphatic carbocycles. The maximum absolute atomic E-state index is 14.7. The average Bonchev–Trinajstić information content (AvgIpc) is 2.87. The number of hydrogen-bond donors (Lipinski definition) is 0. The van der Waals surface area contributed by atoms with Crippen LogP contribution in [0.4, 0.5) is 26.3 Å². The van der Waals surface area contributed by atoms with Crippen LogP contribution in [0.25, 0.3) is 11.1 Å². The average molecular weight is 543 g/mol. The summed E-state index contributed by atoms with van der Waals surface area (Å²) in [4.78, 5) is 0. The fourth-order valence-corrected chi connectivity index (χ4v) is 5.86. The largest absolute Gasteiger partial charge is 0.419 e. The highest BCUT2D eigenvalue weighted by Crippen LogP contribution is 2.37. The molecule has 2 aliphatic rings. The van der Waals surface area contributed by atoms with Crippen molar-refractivity contribution in [3.05, 3.63) is 58.9 Å². The molecule has 2 fully saturated rings. The summed E-state index contributed by atoms with van der Waals surface area (Å²) in [6, 6.07) is 4.29. The van der Waals surface area contributed by atoms with Crippen LogP contribution in [-0.2, 0) is 22.1 Å². The van der Waals surface area contributed by atoms with Gasteiger partial charge in [0.15, 0.2) is 6.29 Å². The van der Waals surface area contributed by atoms with Crippen molar-refractivity contribution in [2.45, 2.75) is 83.6 Å². The fraction of sp³-hybridized carbons (Fsp3) is 0.600. The molecule has 4 rings (SSSR count). The minimum absolute atomic E-state index is 0.0733. The summed E-state index contributed by atoms with van der Waals surface area (Å²) < 4.78 is 93.7. The Kier molecular flexibility index (Phi) is 9.79. The molecule has 8 heteroatoms. The maximum atomic E-state index is 14.7. The number of benzene rings is 2. The quantitative estimate of drug-likeness (QED) is 0.232. The Bertz CT molecular complexity index is 1030. The van der Waals surface area contributed by atoms with Gasteiger partial charge >= 0.3 is 6.18 Å². The minimum atomic E-state index is -4.88. The Morgan fingerprint density at radius 1 is 0.789 bits per heavy atom. The number of rotatable bonds is 9. The second-order valence-corrected chi connectivity index (χ2v) is 10.8. The predicted molar refractivity (Wildman–Crippen MR) is 134 cm³/mol. The Morgan fingerprint density at radius 3 is 2.03 bits per heavy atom. The van der Waals surface area contributed by atoms with Crippen LogP contribution in [0.2, 0.25) is 0 Å².